The van der Waals surface area contributed by atoms with Crippen LogP contribution in [0.5, 0.6) is 0 Å². The maximum atomic E-state index is 12.2. The number of nitrogens with zero attached hydrogens (tertiary/aromatic N) is 2. The Morgan fingerprint density at radius 3 is 2.48 bits per heavy atom. The van der Waals surface area contributed by atoms with Crippen molar-refractivity contribution in [3.8, 4) is 0 Å². The summed E-state index contributed by atoms with van der Waals surface area (Å²) in [4.78, 5) is 4.35. The number of hydrogen-bond donors (Lipinski definition) is 2. The molecule has 0 radical (unpaired) electrons. The van der Waals surface area contributed by atoms with Gasteiger partial charge in [-0.2, -0.15) is 0 Å². The average Bonchev–Trinajstić information content (AvgIpc) is 2.89. The fourth-order valence-corrected chi connectivity index (χ4v) is 2.85. The molecule has 0 atom stereocenters. The smallest absolute Gasteiger partial charge is 0.240 e. The predicted octanol–water partition coefficient (Wildman–Crippen LogP) is 1.01. The van der Waals surface area contributed by atoms with Crippen LogP contribution in [0.2, 0.25) is 0 Å². The Kier molecular flexibility index (Phi) is 5.11. The van der Waals surface area contributed by atoms with E-state index in [4.69, 9.17) is 0 Å². The maximum Gasteiger partial charge on any atom is 0.240 e. The van der Waals surface area contributed by atoms with Gasteiger partial charge in [0.05, 0.1) is 11.4 Å². The maximum absolute atomic E-state index is 12.2. The van der Waals surface area contributed by atoms with Gasteiger partial charge in [-0.15, -0.1) is 0 Å². The number of imidazole rings is 1. The van der Waals surface area contributed by atoms with Crippen molar-refractivity contribution in [2.24, 2.45) is 7.05 Å². The van der Waals surface area contributed by atoms with E-state index < -0.39 is 10.0 Å². The summed E-state index contributed by atoms with van der Waals surface area (Å²) >= 11 is 0. The van der Waals surface area contributed by atoms with E-state index in [9.17, 15) is 8.42 Å². The van der Waals surface area contributed by atoms with E-state index >= 15 is 0 Å². The van der Waals surface area contributed by atoms with Crippen molar-refractivity contribution in [2.75, 3.05) is 6.54 Å². The number of aromatic nitrogens is 2. The third kappa shape index (κ3) is 4.13. The van der Waals surface area contributed by atoms with Gasteiger partial charge in [-0.05, 0) is 24.2 Å². The molecule has 1 heterocycles. The quantitative estimate of drug-likeness (QED) is 0.800. The molecule has 2 rings (SSSR count). The molecule has 0 unspecified atom stereocenters. The second kappa shape index (κ2) is 6.84. The summed E-state index contributed by atoms with van der Waals surface area (Å²) in [7, 11) is -1.69. The first-order valence-corrected chi connectivity index (χ1v) is 8.27. The lowest BCUT2D eigenvalue weighted by Crippen LogP contribution is -2.24. The van der Waals surface area contributed by atoms with Crippen LogP contribution in [-0.4, -0.2) is 24.5 Å². The second-order valence-corrected chi connectivity index (χ2v) is 6.47. The lowest BCUT2D eigenvalue weighted by Gasteiger charge is -2.08. The van der Waals surface area contributed by atoms with Gasteiger partial charge >= 0.3 is 0 Å². The minimum Gasteiger partial charge on any atom is -0.337 e. The molecule has 1 aromatic carbocycles. The average molecular weight is 308 g/mol. The van der Waals surface area contributed by atoms with Crippen molar-refractivity contribution < 1.29 is 8.42 Å². The molecule has 6 nitrogen and oxygen atoms in total. The zero-order valence-electron chi connectivity index (χ0n) is 12.2. The largest absolute Gasteiger partial charge is 0.337 e. The molecular weight excluding hydrogens is 288 g/mol. The predicted molar refractivity (Wildman–Crippen MR) is 81.1 cm³/mol. The molecule has 2 N–H and O–H groups in total. The molecular formula is C14H20N4O2S. The number of hydrogen-bond acceptors (Lipinski definition) is 4. The second-order valence-electron chi connectivity index (χ2n) is 4.70. The number of benzene rings is 1. The van der Waals surface area contributed by atoms with Crippen LogP contribution in [0.4, 0.5) is 0 Å². The van der Waals surface area contributed by atoms with Crippen molar-refractivity contribution >= 4 is 10.0 Å². The Morgan fingerprint density at radius 2 is 1.90 bits per heavy atom. The van der Waals surface area contributed by atoms with Gasteiger partial charge in [-0.3, -0.25) is 0 Å². The first-order chi connectivity index (χ1) is 10.0. The number of aryl methyl sites for hydroxylation is 1. The number of sulfonamides is 1. The van der Waals surface area contributed by atoms with Crippen molar-refractivity contribution in [3.05, 3.63) is 48.0 Å². The van der Waals surface area contributed by atoms with Gasteiger partial charge in [0, 0.05) is 26.0 Å². The van der Waals surface area contributed by atoms with Gasteiger partial charge in [0.25, 0.3) is 0 Å². The summed E-state index contributed by atoms with van der Waals surface area (Å²) in [5.74, 6) is 0.669. The van der Waals surface area contributed by atoms with Gasteiger partial charge in [-0.1, -0.05) is 19.1 Å². The van der Waals surface area contributed by atoms with E-state index in [0.717, 1.165) is 18.7 Å². The summed E-state index contributed by atoms with van der Waals surface area (Å²) in [6.45, 7) is 3.81. The summed E-state index contributed by atoms with van der Waals surface area (Å²) < 4.78 is 28.7. The highest BCUT2D eigenvalue weighted by Crippen LogP contribution is 2.11. The van der Waals surface area contributed by atoms with Crippen LogP contribution < -0.4 is 10.0 Å². The topological polar surface area (TPSA) is 76.0 Å². The molecule has 0 saturated carbocycles. The van der Waals surface area contributed by atoms with Crippen LogP contribution in [0.15, 0.2) is 41.6 Å². The molecule has 0 aliphatic rings. The highest BCUT2D eigenvalue weighted by atomic mass is 32.2. The van der Waals surface area contributed by atoms with Crippen LogP contribution in [0.3, 0.4) is 0 Å². The summed E-state index contributed by atoms with van der Waals surface area (Å²) in [6, 6.07) is 6.87. The third-order valence-corrected chi connectivity index (χ3v) is 4.57. The van der Waals surface area contributed by atoms with Gasteiger partial charge in [0.2, 0.25) is 10.0 Å². The van der Waals surface area contributed by atoms with Crippen molar-refractivity contribution in [1.29, 1.82) is 0 Å². The van der Waals surface area contributed by atoms with Crippen molar-refractivity contribution in [1.82, 2.24) is 19.6 Å². The standard InChI is InChI=1S/C14H20N4O2S/c1-3-15-10-12-4-6-13(7-5-12)21(19,20)17-11-14-16-8-9-18(14)2/h4-9,15,17H,3,10-11H2,1-2H3. The monoisotopic (exact) mass is 308 g/mol. The first-order valence-electron chi connectivity index (χ1n) is 6.78. The minimum atomic E-state index is -3.51. The highest BCUT2D eigenvalue weighted by Gasteiger charge is 2.14. The number of nitrogens with one attached hydrogen (secondary N) is 2. The van der Waals surface area contributed by atoms with E-state index in [1.54, 1.807) is 29.1 Å². The molecule has 0 amide bonds. The van der Waals surface area contributed by atoms with Gasteiger partial charge in [0.15, 0.2) is 0 Å². The zero-order valence-corrected chi connectivity index (χ0v) is 13.0. The highest BCUT2D eigenvalue weighted by molar-refractivity contribution is 7.89. The Hall–Kier alpha value is -1.70. The SMILES string of the molecule is CCNCc1ccc(S(=O)(=O)NCc2nccn2C)cc1. The molecule has 0 saturated heterocycles. The van der Waals surface area contributed by atoms with E-state index in [1.807, 2.05) is 26.1 Å². The third-order valence-electron chi connectivity index (χ3n) is 3.15. The van der Waals surface area contributed by atoms with Crippen LogP contribution in [0, 0.1) is 0 Å². The summed E-state index contributed by atoms with van der Waals surface area (Å²) in [5.41, 5.74) is 1.06. The van der Waals surface area contributed by atoms with Gasteiger partial charge in [0.1, 0.15) is 5.82 Å². The Labute approximate surface area is 125 Å². The summed E-state index contributed by atoms with van der Waals surface area (Å²) in [6.07, 6.45) is 3.41. The number of rotatable bonds is 7. The Bertz CT molecular complexity index is 677. The van der Waals surface area contributed by atoms with E-state index in [-0.39, 0.29) is 11.4 Å². The van der Waals surface area contributed by atoms with Crippen LogP contribution in [-0.2, 0) is 30.2 Å². The van der Waals surface area contributed by atoms with Gasteiger partial charge < -0.3 is 9.88 Å². The fourth-order valence-electron chi connectivity index (χ4n) is 1.87. The van der Waals surface area contributed by atoms with Crippen LogP contribution in [0.1, 0.15) is 18.3 Å². The molecule has 0 aliphatic heterocycles. The zero-order chi connectivity index (χ0) is 15.3. The molecule has 2 aromatic rings. The molecule has 0 fully saturated rings. The van der Waals surface area contributed by atoms with E-state index in [0.29, 0.717) is 5.82 Å². The lowest BCUT2D eigenvalue weighted by molar-refractivity contribution is 0.577. The molecule has 7 heteroatoms. The van der Waals surface area contributed by atoms with Crippen LogP contribution >= 0.6 is 0 Å². The fraction of sp³-hybridized carbons (Fsp3) is 0.357. The molecule has 1 aromatic heterocycles. The van der Waals surface area contributed by atoms with Crippen molar-refractivity contribution in [2.45, 2.75) is 24.9 Å². The lowest BCUT2D eigenvalue weighted by atomic mass is 10.2. The molecule has 21 heavy (non-hydrogen) atoms. The molecule has 0 aliphatic carbocycles. The van der Waals surface area contributed by atoms with E-state index in [2.05, 4.69) is 15.0 Å². The minimum absolute atomic E-state index is 0.172. The van der Waals surface area contributed by atoms with Gasteiger partial charge in [-0.25, -0.2) is 18.1 Å². The molecule has 0 bridgehead atoms. The molecule has 0 spiro atoms. The normalized spacial score (nSPS) is 11.7. The summed E-state index contributed by atoms with van der Waals surface area (Å²) in [5, 5.41) is 3.20. The van der Waals surface area contributed by atoms with E-state index in [1.165, 1.54) is 0 Å². The molecule has 114 valence electrons. The Balaban J connectivity index is 2.03. The first kappa shape index (κ1) is 15.7. The Morgan fingerprint density at radius 1 is 1.19 bits per heavy atom. The van der Waals surface area contributed by atoms with Crippen molar-refractivity contribution in [3.63, 3.8) is 0 Å². The van der Waals surface area contributed by atoms with Crippen LogP contribution in [0.25, 0.3) is 0 Å².